The highest BCUT2D eigenvalue weighted by Gasteiger charge is 2.12. The molecule has 2 aromatic rings. The predicted molar refractivity (Wildman–Crippen MR) is 89.3 cm³/mol. The lowest BCUT2D eigenvalue weighted by molar-refractivity contribution is 0.298. The highest BCUT2D eigenvalue weighted by molar-refractivity contribution is 6.31. The number of nitrogens with two attached hydrogens (primary N) is 1. The number of hydrogen-bond acceptors (Lipinski definition) is 2. The average molecular weight is 304 g/mol. The maximum Gasteiger partial charge on any atom is 0.119 e. The molecule has 0 aliphatic carbocycles. The lowest BCUT2D eigenvalue weighted by atomic mass is 9.92. The zero-order valence-electron chi connectivity index (χ0n) is 12.6. The van der Waals surface area contributed by atoms with Gasteiger partial charge in [-0.05, 0) is 67.6 Å². The molecule has 112 valence electrons. The molecule has 0 amide bonds. The summed E-state index contributed by atoms with van der Waals surface area (Å²) in [6.45, 7) is 5.39. The zero-order chi connectivity index (χ0) is 15.2. The second kappa shape index (κ2) is 7.48. The number of hydrogen-bond donors (Lipinski definition) is 1. The lowest BCUT2D eigenvalue weighted by Crippen LogP contribution is -2.16. The van der Waals surface area contributed by atoms with Gasteiger partial charge in [0.15, 0.2) is 0 Å². The van der Waals surface area contributed by atoms with Crippen LogP contribution < -0.4 is 10.5 Å². The molecule has 3 heteroatoms. The van der Waals surface area contributed by atoms with Gasteiger partial charge in [-0.25, -0.2) is 0 Å². The van der Waals surface area contributed by atoms with Crippen molar-refractivity contribution in [2.24, 2.45) is 5.73 Å². The molecular weight excluding hydrogens is 282 g/mol. The third kappa shape index (κ3) is 4.23. The van der Waals surface area contributed by atoms with Crippen LogP contribution in [-0.4, -0.2) is 13.2 Å². The average Bonchev–Trinajstić information content (AvgIpc) is 2.48. The second-order valence-corrected chi connectivity index (χ2v) is 5.74. The van der Waals surface area contributed by atoms with E-state index in [1.807, 2.05) is 25.1 Å². The van der Waals surface area contributed by atoms with Gasteiger partial charge in [0.2, 0.25) is 0 Å². The molecule has 0 spiro atoms. The Morgan fingerprint density at radius 1 is 1.10 bits per heavy atom. The van der Waals surface area contributed by atoms with E-state index in [0.717, 1.165) is 22.8 Å². The minimum Gasteiger partial charge on any atom is -0.494 e. The van der Waals surface area contributed by atoms with Crippen LogP contribution in [0.1, 0.15) is 29.0 Å². The molecule has 0 fully saturated rings. The number of benzene rings is 2. The van der Waals surface area contributed by atoms with E-state index in [9.17, 15) is 0 Å². The van der Waals surface area contributed by atoms with Crippen molar-refractivity contribution in [3.8, 4) is 5.75 Å². The van der Waals surface area contributed by atoms with Gasteiger partial charge in [-0.15, -0.1) is 0 Å². The highest BCUT2D eigenvalue weighted by Crippen LogP contribution is 2.24. The summed E-state index contributed by atoms with van der Waals surface area (Å²) in [7, 11) is 0. The molecule has 21 heavy (non-hydrogen) atoms. The Hall–Kier alpha value is -1.51. The van der Waals surface area contributed by atoms with Crippen LogP contribution >= 0.6 is 11.6 Å². The summed E-state index contributed by atoms with van der Waals surface area (Å²) in [5.41, 5.74) is 9.56. The van der Waals surface area contributed by atoms with Crippen molar-refractivity contribution >= 4 is 11.6 Å². The van der Waals surface area contributed by atoms with Crippen molar-refractivity contribution in [3.05, 3.63) is 64.2 Å². The van der Waals surface area contributed by atoms with Gasteiger partial charge in [0.1, 0.15) is 5.75 Å². The van der Waals surface area contributed by atoms with Crippen LogP contribution in [0.2, 0.25) is 5.02 Å². The normalized spacial score (nSPS) is 12.2. The molecule has 0 aliphatic heterocycles. The molecule has 0 aromatic heterocycles. The summed E-state index contributed by atoms with van der Waals surface area (Å²) in [4.78, 5) is 0. The maximum absolute atomic E-state index is 6.01. The molecule has 0 saturated carbocycles. The molecule has 0 heterocycles. The number of rotatable bonds is 6. The second-order valence-electron chi connectivity index (χ2n) is 5.34. The first-order valence-corrected chi connectivity index (χ1v) is 7.64. The van der Waals surface area contributed by atoms with E-state index >= 15 is 0 Å². The number of aryl methyl sites for hydroxylation is 2. The molecule has 1 atom stereocenters. The van der Waals surface area contributed by atoms with Crippen molar-refractivity contribution in [2.45, 2.75) is 26.2 Å². The van der Waals surface area contributed by atoms with Crippen LogP contribution in [0.25, 0.3) is 0 Å². The third-order valence-corrected chi connectivity index (χ3v) is 4.20. The van der Waals surface area contributed by atoms with Crippen molar-refractivity contribution < 1.29 is 4.74 Å². The van der Waals surface area contributed by atoms with E-state index in [-0.39, 0.29) is 0 Å². The Balaban J connectivity index is 1.95. The van der Waals surface area contributed by atoms with Gasteiger partial charge in [-0.3, -0.25) is 0 Å². The summed E-state index contributed by atoms with van der Waals surface area (Å²) in [6, 6.07) is 14.1. The number of ether oxygens (including phenoxy) is 1. The minimum atomic E-state index is 0.333. The molecule has 0 radical (unpaired) electrons. The first-order valence-electron chi connectivity index (χ1n) is 7.26. The highest BCUT2D eigenvalue weighted by atomic mass is 35.5. The Bertz CT molecular complexity index is 598. The third-order valence-electron chi connectivity index (χ3n) is 3.78. The Morgan fingerprint density at radius 2 is 1.86 bits per heavy atom. The van der Waals surface area contributed by atoms with Crippen LogP contribution in [0, 0.1) is 13.8 Å². The standard InChI is InChI=1S/C18H22ClNO/c1-13-5-3-4-6-17(13)15(12-20)9-10-21-16-7-8-18(19)14(2)11-16/h3-8,11,15H,9-10,12,20H2,1-2H3. The molecule has 0 bridgehead atoms. The molecule has 0 aliphatic rings. The molecule has 0 saturated heterocycles. The van der Waals surface area contributed by atoms with Crippen molar-refractivity contribution in [3.63, 3.8) is 0 Å². The van der Waals surface area contributed by atoms with Crippen molar-refractivity contribution in [1.82, 2.24) is 0 Å². The van der Waals surface area contributed by atoms with Gasteiger partial charge in [0.05, 0.1) is 6.61 Å². The van der Waals surface area contributed by atoms with E-state index in [4.69, 9.17) is 22.1 Å². The van der Waals surface area contributed by atoms with Crippen LogP contribution in [0.4, 0.5) is 0 Å². The van der Waals surface area contributed by atoms with Crippen LogP contribution in [-0.2, 0) is 0 Å². The van der Waals surface area contributed by atoms with Gasteiger partial charge >= 0.3 is 0 Å². The van der Waals surface area contributed by atoms with E-state index in [1.165, 1.54) is 11.1 Å². The van der Waals surface area contributed by atoms with E-state index < -0.39 is 0 Å². The van der Waals surface area contributed by atoms with E-state index in [0.29, 0.717) is 19.1 Å². The topological polar surface area (TPSA) is 35.2 Å². The predicted octanol–water partition coefficient (Wildman–Crippen LogP) is 4.47. The SMILES string of the molecule is Cc1cc(OCCC(CN)c2ccccc2C)ccc1Cl. The van der Waals surface area contributed by atoms with Crippen LogP contribution in [0.3, 0.4) is 0 Å². The van der Waals surface area contributed by atoms with Crippen LogP contribution in [0.15, 0.2) is 42.5 Å². The first-order chi connectivity index (χ1) is 10.1. The van der Waals surface area contributed by atoms with Gasteiger partial charge < -0.3 is 10.5 Å². The quantitative estimate of drug-likeness (QED) is 0.854. The fraction of sp³-hybridized carbons (Fsp3) is 0.333. The van der Waals surface area contributed by atoms with Crippen molar-refractivity contribution in [1.29, 1.82) is 0 Å². The summed E-state index contributed by atoms with van der Waals surface area (Å²) in [5.74, 6) is 1.19. The van der Waals surface area contributed by atoms with E-state index in [1.54, 1.807) is 0 Å². The smallest absolute Gasteiger partial charge is 0.119 e. The monoisotopic (exact) mass is 303 g/mol. The van der Waals surface area contributed by atoms with E-state index in [2.05, 4.69) is 31.2 Å². The Morgan fingerprint density at radius 3 is 2.52 bits per heavy atom. The number of halogens is 1. The largest absolute Gasteiger partial charge is 0.494 e. The van der Waals surface area contributed by atoms with Gasteiger partial charge in [0.25, 0.3) is 0 Å². The summed E-state index contributed by atoms with van der Waals surface area (Å²) < 4.78 is 5.82. The molecule has 2 N–H and O–H groups in total. The minimum absolute atomic E-state index is 0.333. The Kier molecular flexibility index (Phi) is 5.66. The zero-order valence-corrected chi connectivity index (χ0v) is 13.4. The van der Waals surface area contributed by atoms with Crippen molar-refractivity contribution in [2.75, 3.05) is 13.2 Å². The fourth-order valence-electron chi connectivity index (χ4n) is 2.47. The molecular formula is C18H22ClNO. The molecule has 2 rings (SSSR count). The van der Waals surface area contributed by atoms with Gasteiger partial charge in [-0.2, -0.15) is 0 Å². The first kappa shape index (κ1) is 15.9. The Labute approximate surface area is 131 Å². The maximum atomic E-state index is 6.01. The fourth-order valence-corrected chi connectivity index (χ4v) is 2.59. The molecule has 2 aromatic carbocycles. The summed E-state index contributed by atoms with van der Waals surface area (Å²) in [5, 5.41) is 0.766. The molecule has 2 nitrogen and oxygen atoms in total. The van der Waals surface area contributed by atoms with Crippen LogP contribution in [0.5, 0.6) is 5.75 Å². The van der Waals surface area contributed by atoms with Gasteiger partial charge in [-0.1, -0.05) is 35.9 Å². The van der Waals surface area contributed by atoms with Gasteiger partial charge in [0, 0.05) is 5.02 Å². The summed E-state index contributed by atoms with van der Waals surface area (Å²) in [6.07, 6.45) is 0.906. The lowest BCUT2D eigenvalue weighted by Gasteiger charge is -2.18. The molecule has 1 unspecified atom stereocenters. The summed E-state index contributed by atoms with van der Waals surface area (Å²) >= 11 is 6.01.